The molecule has 3 heteroatoms. The Morgan fingerprint density at radius 1 is 1.19 bits per heavy atom. The van der Waals surface area contributed by atoms with Gasteiger partial charge in [0.05, 0.1) is 12.2 Å². The first-order chi connectivity index (χ1) is 7.86. The number of benzene rings is 1. The van der Waals surface area contributed by atoms with Gasteiger partial charge in [-0.15, -0.1) is 0 Å². The van der Waals surface area contributed by atoms with E-state index >= 15 is 0 Å². The molecule has 0 saturated heterocycles. The van der Waals surface area contributed by atoms with E-state index in [2.05, 4.69) is 4.98 Å². The smallest absolute Gasteiger partial charge is 0.198 e. The Balaban J connectivity index is 2.21. The molecule has 3 rings (SSSR count). The van der Waals surface area contributed by atoms with Crippen LogP contribution >= 0.6 is 0 Å². The van der Waals surface area contributed by atoms with E-state index in [1.54, 1.807) is 6.20 Å². The van der Waals surface area contributed by atoms with E-state index in [9.17, 15) is 4.79 Å². The van der Waals surface area contributed by atoms with Crippen LogP contribution in [0.15, 0.2) is 41.3 Å². The van der Waals surface area contributed by atoms with Crippen LogP contribution in [0.2, 0.25) is 0 Å². The lowest BCUT2D eigenvalue weighted by atomic mass is 10.0. The lowest BCUT2D eigenvalue weighted by molar-refractivity contribution is 0.345. The average molecular weight is 213 g/mol. The fraction of sp³-hybridized carbons (Fsp3) is 0.154. The Bertz CT molecular complexity index is 572. The number of H-pyrrole nitrogens is 1. The monoisotopic (exact) mass is 213 g/mol. The SMILES string of the molecule is O=c1c(-c2ccccc2)c[nH]c2c1CCO2. The van der Waals surface area contributed by atoms with Gasteiger partial charge in [0, 0.05) is 18.2 Å². The van der Waals surface area contributed by atoms with Gasteiger partial charge in [-0.05, 0) is 5.56 Å². The highest BCUT2D eigenvalue weighted by Gasteiger charge is 2.18. The second-order valence-electron chi connectivity index (χ2n) is 3.80. The minimum absolute atomic E-state index is 0.0810. The van der Waals surface area contributed by atoms with Crippen LogP contribution in [-0.2, 0) is 6.42 Å². The highest BCUT2D eigenvalue weighted by Crippen LogP contribution is 2.22. The summed E-state index contributed by atoms with van der Waals surface area (Å²) < 4.78 is 5.31. The van der Waals surface area contributed by atoms with Crippen molar-refractivity contribution in [3.05, 3.63) is 52.3 Å². The maximum atomic E-state index is 12.2. The Labute approximate surface area is 92.7 Å². The van der Waals surface area contributed by atoms with Crippen LogP contribution in [0.3, 0.4) is 0 Å². The predicted molar refractivity (Wildman–Crippen MR) is 61.7 cm³/mol. The minimum Gasteiger partial charge on any atom is -0.478 e. The lowest BCUT2D eigenvalue weighted by Crippen LogP contribution is -2.10. The number of rotatable bonds is 1. The molecule has 16 heavy (non-hydrogen) atoms. The number of fused-ring (bicyclic) bond motifs is 1. The van der Waals surface area contributed by atoms with E-state index in [0.717, 1.165) is 11.1 Å². The summed E-state index contributed by atoms with van der Waals surface area (Å²) in [5.41, 5.74) is 2.50. The topological polar surface area (TPSA) is 42.1 Å². The van der Waals surface area contributed by atoms with Gasteiger partial charge in [0.1, 0.15) is 0 Å². The van der Waals surface area contributed by atoms with Crippen LogP contribution in [0.25, 0.3) is 11.1 Å². The average Bonchev–Trinajstić information content (AvgIpc) is 2.80. The van der Waals surface area contributed by atoms with E-state index in [1.165, 1.54) is 0 Å². The van der Waals surface area contributed by atoms with Gasteiger partial charge in [-0.3, -0.25) is 4.79 Å². The van der Waals surface area contributed by atoms with Gasteiger partial charge in [0.15, 0.2) is 11.3 Å². The fourth-order valence-electron chi connectivity index (χ4n) is 2.00. The molecule has 1 N–H and O–H groups in total. The van der Waals surface area contributed by atoms with Gasteiger partial charge in [-0.2, -0.15) is 0 Å². The summed E-state index contributed by atoms with van der Waals surface area (Å²) in [5, 5.41) is 0. The van der Waals surface area contributed by atoms with Crippen LogP contribution in [0, 0.1) is 0 Å². The fourth-order valence-corrected chi connectivity index (χ4v) is 2.00. The van der Waals surface area contributed by atoms with Gasteiger partial charge in [-0.25, -0.2) is 0 Å². The molecule has 1 aliphatic rings. The number of hydrogen-bond donors (Lipinski definition) is 1. The van der Waals surface area contributed by atoms with Crippen molar-refractivity contribution in [1.29, 1.82) is 0 Å². The molecule has 0 atom stereocenters. The van der Waals surface area contributed by atoms with Crippen molar-refractivity contribution < 1.29 is 4.74 Å². The number of pyridine rings is 1. The van der Waals surface area contributed by atoms with Gasteiger partial charge < -0.3 is 9.72 Å². The standard InChI is InChI=1S/C13H11NO2/c15-12-10-6-7-16-13(10)14-8-11(12)9-4-2-1-3-5-9/h1-5,8H,6-7H2,(H,14,15). The molecule has 0 bridgehead atoms. The van der Waals surface area contributed by atoms with E-state index in [0.29, 0.717) is 24.5 Å². The summed E-state index contributed by atoms with van der Waals surface area (Å²) in [7, 11) is 0. The van der Waals surface area contributed by atoms with Crippen LogP contribution < -0.4 is 10.2 Å². The van der Waals surface area contributed by atoms with E-state index < -0.39 is 0 Å². The maximum Gasteiger partial charge on any atom is 0.198 e. The third kappa shape index (κ3) is 1.33. The van der Waals surface area contributed by atoms with Gasteiger partial charge in [0.2, 0.25) is 0 Å². The minimum atomic E-state index is 0.0810. The molecule has 0 saturated carbocycles. The van der Waals surface area contributed by atoms with Crippen molar-refractivity contribution in [1.82, 2.24) is 4.98 Å². The third-order valence-corrected chi connectivity index (χ3v) is 2.82. The van der Waals surface area contributed by atoms with Gasteiger partial charge in [-0.1, -0.05) is 30.3 Å². The second-order valence-corrected chi connectivity index (χ2v) is 3.80. The first kappa shape index (κ1) is 9.21. The van der Waals surface area contributed by atoms with E-state index in [1.807, 2.05) is 30.3 Å². The predicted octanol–water partition coefficient (Wildman–Crippen LogP) is 1.98. The lowest BCUT2D eigenvalue weighted by Gasteiger charge is -2.03. The summed E-state index contributed by atoms with van der Waals surface area (Å²) in [6.45, 7) is 0.597. The second kappa shape index (κ2) is 3.52. The third-order valence-electron chi connectivity index (χ3n) is 2.82. The largest absolute Gasteiger partial charge is 0.478 e. The molecule has 0 fully saturated rings. The molecule has 0 amide bonds. The molecular weight excluding hydrogens is 202 g/mol. The van der Waals surface area contributed by atoms with Gasteiger partial charge >= 0.3 is 0 Å². The zero-order valence-electron chi connectivity index (χ0n) is 8.69. The van der Waals surface area contributed by atoms with Crippen molar-refractivity contribution >= 4 is 0 Å². The Morgan fingerprint density at radius 2 is 2.00 bits per heavy atom. The molecule has 0 aliphatic carbocycles. The molecule has 0 spiro atoms. The van der Waals surface area contributed by atoms with Crippen LogP contribution in [-0.4, -0.2) is 11.6 Å². The molecule has 2 aromatic rings. The maximum absolute atomic E-state index is 12.2. The van der Waals surface area contributed by atoms with E-state index in [4.69, 9.17) is 4.74 Å². The summed E-state index contributed by atoms with van der Waals surface area (Å²) in [6.07, 6.45) is 2.42. The molecule has 80 valence electrons. The Hall–Kier alpha value is -2.03. The number of nitrogens with one attached hydrogen (secondary N) is 1. The molecule has 0 radical (unpaired) electrons. The molecule has 2 heterocycles. The Morgan fingerprint density at radius 3 is 2.81 bits per heavy atom. The van der Waals surface area contributed by atoms with Crippen molar-refractivity contribution in [2.75, 3.05) is 6.61 Å². The summed E-state index contributed by atoms with van der Waals surface area (Å²) in [5.74, 6) is 0.629. The quantitative estimate of drug-likeness (QED) is 0.787. The molecular formula is C13H11NO2. The molecule has 1 aromatic heterocycles. The highest BCUT2D eigenvalue weighted by atomic mass is 16.5. The Kier molecular flexibility index (Phi) is 2.03. The normalized spacial score (nSPS) is 13.2. The zero-order valence-corrected chi connectivity index (χ0v) is 8.69. The molecule has 3 nitrogen and oxygen atoms in total. The summed E-state index contributed by atoms with van der Waals surface area (Å²) in [6, 6.07) is 9.67. The van der Waals surface area contributed by atoms with Gasteiger partial charge in [0.25, 0.3) is 0 Å². The van der Waals surface area contributed by atoms with Crippen molar-refractivity contribution in [2.24, 2.45) is 0 Å². The first-order valence-corrected chi connectivity index (χ1v) is 5.29. The van der Waals surface area contributed by atoms with Crippen molar-refractivity contribution in [2.45, 2.75) is 6.42 Å². The summed E-state index contributed by atoms with van der Waals surface area (Å²) >= 11 is 0. The summed E-state index contributed by atoms with van der Waals surface area (Å²) in [4.78, 5) is 15.2. The number of hydrogen-bond acceptors (Lipinski definition) is 2. The first-order valence-electron chi connectivity index (χ1n) is 5.29. The van der Waals surface area contributed by atoms with Crippen molar-refractivity contribution in [3.8, 4) is 17.0 Å². The molecule has 1 aliphatic heterocycles. The van der Waals surface area contributed by atoms with E-state index in [-0.39, 0.29) is 5.43 Å². The number of aromatic amines is 1. The van der Waals surface area contributed by atoms with Crippen LogP contribution in [0.5, 0.6) is 5.88 Å². The highest BCUT2D eigenvalue weighted by molar-refractivity contribution is 5.63. The molecule has 1 aromatic carbocycles. The van der Waals surface area contributed by atoms with Crippen LogP contribution in [0.1, 0.15) is 5.56 Å². The van der Waals surface area contributed by atoms with Crippen molar-refractivity contribution in [3.63, 3.8) is 0 Å². The number of ether oxygens (including phenoxy) is 1. The number of aromatic nitrogens is 1. The molecule has 0 unspecified atom stereocenters. The zero-order chi connectivity index (χ0) is 11.0. The van der Waals surface area contributed by atoms with Crippen LogP contribution in [0.4, 0.5) is 0 Å².